The van der Waals surface area contributed by atoms with Gasteiger partial charge in [0.1, 0.15) is 0 Å². The maximum absolute atomic E-state index is 4.53. The Morgan fingerprint density at radius 3 is 1.08 bits per heavy atom. The van der Waals surface area contributed by atoms with Crippen LogP contribution < -0.4 is 0 Å². The summed E-state index contributed by atoms with van der Waals surface area (Å²) >= 11 is 18.1. The lowest BCUT2D eigenvalue weighted by atomic mass is 9.90. The molecule has 134 valence electrons. The van der Waals surface area contributed by atoms with Gasteiger partial charge in [0.2, 0.25) is 0 Å². The lowest BCUT2D eigenvalue weighted by molar-refractivity contribution is 1.32. The second-order valence-electron chi connectivity index (χ2n) is 6.12. The molecule has 0 radical (unpaired) electrons. The third-order valence-electron chi connectivity index (χ3n) is 4.60. The van der Waals surface area contributed by atoms with Crippen molar-refractivity contribution in [3.63, 3.8) is 0 Å². The molecule has 4 heteroatoms. The smallest absolute Gasteiger partial charge is 0.0160 e. The van der Waals surface area contributed by atoms with Crippen LogP contribution in [0.5, 0.6) is 0 Å². The summed E-state index contributed by atoms with van der Waals surface area (Å²) in [7, 11) is 0. The van der Waals surface area contributed by atoms with Crippen LogP contribution in [0, 0.1) is 0 Å². The quantitative estimate of drug-likeness (QED) is 0.315. The topological polar surface area (TPSA) is 0 Å². The lowest BCUT2D eigenvalue weighted by Gasteiger charge is -2.17. The first kappa shape index (κ1) is 19.8. The van der Waals surface area contributed by atoms with Crippen molar-refractivity contribution in [3.05, 3.63) is 82.9 Å². The first-order valence-corrected chi connectivity index (χ1v) is 11.0. The SMILES string of the molecule is SCc1cccc(CS)c1-c1cccc(-c2c(CS)cccc2CS)c1. The van der Waals surface area contributed by atoms with Crippen LogP contribution in [0.1, 0.15) is 22.3 Å². The van der Waals surface area contributed by atoms with Gasteiger partial charge in [-0.2, -0.15) is 50.5 Å². The van der Waals surface area contributed by atoms with E-state index in [1.165, 1.54) is 44.5 Å². The monoisotopic (exact) mass is 414 g/mol. The molecule has 0 aromatic heterocycles. The highest BCUT2D eigenvalue weighted by Crippen LogP contribution is 2.35. The van der Waals surface area contributed by atoms with E-state index in [-0.39, 0.29) is 0 Å². The highest BCUT2D eigenvalue weighted by Gasteiger charge is 2.13. The molecule has 0 aliphatic heterocycles. The molecule has 0 saturated heterocycles. The van der Waals surface area contributed by atoms with Crippen LogP contribution >= 0.6 is 50.5 Å². The number of rotatable bonds is 6. The average molecular weight is 415 g/mol. The van der Waals surface area contributed by atoms with Crippen molar-refractivity contribution >= 4 is 50.5 Å². The van der Waals surface area contributed by atoms with E-state index >= 15 is 0 Å². The van der Waals surface area contributed by atoms with E-state index in [4.69, 9.17) is 0 Å². The van der Waals surface area contributed by atoms with E-state index in [9.17, 15) is 0 Å². The highest BCUT2D eigenvalue weighted by molar-refractivity contribution is 7.79. The normalized spacial score (nSPS) is 10.9. The molecule has 3 rings (SSSR count). The zero-order chi connectivity index (χ0) is 18.5. The maximum atomic E-state index is 4.53. The lowest BCUT2D eigenvalue weighted by Crippen LogP contribution is -1.95. The van der Waals surface area contributed by atoms with Crippen LogP contribution in [0.4, 0.5) is 0 Å². The Balaban J connectivity index is 2.21. The Morgan fingerprint density at radius 1 is 0.462 bits per heavy atom. The summed E-state index contributed by atoms with van der Waals surface area (Å²) in [4.78, 5) is 0. The Labute approximate surface area is 178 Å². The minimum Gasteiger partial charge on any atom is -0.175 e. The van der Waals surface area contributed by atoms with Gasteiger partial charge in [0, 0.05) is 23.0 Å². The van der Waals surface area contributed by atoms with Crippen LogP contribution in [-0.4, -0.2) is 0 Å². The summed E-state index contributed by atoms with van der Waals surface area (Å²) in [6, 6.07) is 21.5. The summed E-state index contributed by atoms with van der Waals surface area (Å²) < 4.78 is 0. The van der Waals surface area contributed by atoms with Gasteiger partial charge in [0.05, 0.1) is 0 Å². The highest BCUT2D eigenvalue weighted by atomic mass is 32.1. The van der Waals surface area contributed by atoms with Gasteiger partial charge in [0.15, 0.2) is 0 Å². The second-order valence-corrected chi connectivity index (χ2v) is 7.38. The molecule has 0 N–H and O–H groups in total. The van der Waals surface area contributed by atoms with E-state index in [0.717, 1.165) is 0 Å². The van der Waals surface area contributed by atoms with Crippen LogP contribution in [0.25, 0.3) is 22.3 Å². The minimum absolute atomic E-state index is 0.705. The zero-order valence-electron chi connectivity index (χ0n) is 14.4. The molecule has 0 aliphatic carbocycles. The number of hydrogen-bond donors (Lipinski definition) is 4. The molecule has 0 spiro atoms. The number of hydrogen-bond acceptors (Lipinski definition) is 4. The summed E-state index contributed by atoms with van der Waals surface area (Å²) in [6.45, 7) is 0. The average Bonchev–Trinajstić information content (AvgIpc) is 2.72. The van der Waals surface area contributed by atoms with Crippen molar-refractivity contribution in [1.29, 1.82) is 0 Å². The van der Waals surface area contributed by atoms with Gasteiger partial charge in [-0.15, -0.1) is 0 Å². The summed E-state index contributed by atoms with van der Waals surface area (Å²) in [5.74, 6) is 2.82. The first-order valence-electron chi connectivity index (χ1n) is 8.49. The zero-order valence-corrected chi connectivity index (χ0v) is 18.0. The Hall–Kier alpha value is -0.940. The van der Waals surface area contributed by atoms with Gasteiger partial charge in [-0.1, -0.05) is 54.6 Å². The van der Waals surface area contributed by atoms with Gasteiger partial charge < -0.3 is 0 Å². The van der Waals surface area contributed by atoms with E-state index in [1.54, 1.807) is 0 Å². The third kappa shape index (κ3) is 3.99. The van der Waals surface area contributed by atoms with Gasteiger partial charge in [-0.3, -0.25) is 0 Å². The van der Waals surface area contributed by atoms with Crippen LogP contribution in [-0.2, 0) is 23.0 Å². The molecule has 0 amide bonds. The van der Waals surface area contributed by atoms with Crippen molar-refractivity contribution in [2.24, 2.45) is 0 Å². The fraction of sp³-hybridized carbons (Fsp3) is 0.182. The van der Waals surface area contributed by atoms with Crippen molar-refractivity contribution in [3.8, 4) is 22.3 Å². The fourth-order valence-electron chi connectivity index (χ4n) is 3.41. The van der Waals surface area contributed by atoms with E-state index in [0.29, 0.717) is 23.0 Å². The van der Waals surface area contributed by atoms with Gasteiger partial charge in [-0.25, -0.2) is 0 Å². The predicted octanol–water partition coefficient (Wildman–Crippen LogP) is 6.74. The molecule has 0 fully saturated rings. The molecule has 26 heavy (non-hydrogen) atoms. The molecule has 0 aliphatic rings. The third-order valence-corrected chi connectivity index (χ3v) is 5.96. The largest absolute Gasteiger partial charge is 0.175 e. The molecular formula is C22H22S4. The predicted molar refractivity (Wildman–Crippen MR) is 128 cm³/mol. The molecular weight excluding hydrogens is 393 g/mol. The maximum Gasteiger partial charge on any atom is 0.0160 e. The molecule has 0 atom stereocenters. The second kappa shape index (κ2) is 9.32. The first-order chi connectivity index (χ1) is 12.7. The molecule has 0 saturated carbocycles. The summed E-state index contributed by atoms with van der Waals surface area (Å²) in [5, 5.41) is 0. The van der Waals surface area contributed by atoms with Crippen LogP contribution in [0.2, 0.25) is 0 Å². The Morgan fingerprint density at radius 2 is 0.769 bits per heavy atom. The van der Waals surface area contributed by atoms with E-state index < -0.39 is 0 Å². The van der Waals surface area contributed by atoms with Crippen molar-refractivity contribution < 1.29 is 0 Å². The summed E-state index contributed by atoms with van der Waals surface area (Å²) in [6.07, 6.45) is 0. The van der Waals surface area contributed by atoms with Crippen molar-refractivity contribution in [2.45, 2.75) is 23.0 Å². The minimum atomic E-state index is 0.705. The van der Waals surface area contributed by atoms with Crippen LogP contribution in [0.3, 0.4) is 0 Å². The molecule has 0 nitrogen and oxygen atoms in total. The standard InChI is InChI=1S/C22H22S4/c23-11-17-6-2-7-18(12-24)21(17)15-4-1-5-16(10-15)22-19(13-25)8-3-9-20(22)14-26/h1-10,23-26H,11-14H2. The molecule has 3 aromatic carbocycles. The number of benzene rings is 3. The Bertz CT molecular complexity index is 787. The Kier molecular flexibility index (Phi) is 7.10. The van der Waals surface area contributed by atoms with E-state index in [2.05, 4.69) is 111 Å². The fourth-order valence-corrected chi connectivity index (χ4v) is 4.46. The molecule has 0 bridgehead atoms. The van der Waals surface area contributed by atoms with Gasteiger partial charge in [-0.05, 0) is 50.6 Å². The van der Waals surface area contributed by atoms with Crippen molar-refractivity contribution in [2.75, 3.05) is 0 Å². The van der Waals surface area contributed by atoms with Crippen molar-refractivity contribution in [1.82, 2.24) is 0 Å². The molecule has 3 aromatic rings. The number of thiol groups is 4. The van der Waals surface area contributed by atoms with Gasteiger partial charge in [0.25, 0.3) is 0 Å². The molecule has 0 unspecified atom stereocenters. The van der Waals surface area contributed by atoms with E-state index in [1.807, 2.05) is 0 Å². The van der Waals surface area contributed by atoms with Crippen LogP contribution in [0.15, 0.2) is 60.7 Å². The molecule has 0 heterocycles. The van der Waals surface area contributed by atoms with Gasteiger partial charge >= 0.3 is 0 Å². The summed E-state index contributed by atoms with van der Waals surface area (Å²) in [5.41, 5.74) is 9.82.